The highest BCUT2D eigenvalue weighted by molar-refractivity contribution is 6.30. The number of hydrogen-bond donors (Lipinski definition) is 1. The van der Waals surface area contributed by atoms with Crippen molar-refractivity contribution in [3.63, 3.8) is 0 Å². The normalized spacial score (nSPS) is 11.3. The Kier molecular flexibility index (Phi) is 3.73. The SMILES string of the molecule is Cc1noc(C)c1-c1cc(N)c2cnn(Cc3ccc(Cl)cc3)c2c1. The van der Waals surface area contributed by atoms with Gasteiger partial charge in [0.05, 0.1) is 24.0 Å². The molecule has 0 radical (unpaired) electrons. The van der Waals surface area contributed by atoms with Gasteiger partial charge in [-0.3, -0.25) is 4.68 Å². The van der Waals surface area contributed by atoms with Gasteiger partial charge >= 0.3 is 0 Å². The second-order valence-electron chi connectivity index (χ2n) is 6.13. The average molecular weight is 353 g/mol. The second-order valence-corrected chi connectivity index (χ2v) is 6.56. The van der Waals surface area contributed by atoms with Crippen molar-refractivity contribution in [1.29, 1.82) is 0 Å². The molecule has 2 aromatic carbocycles. The van der Waals surface area contributed by atoms with E-state index in [1.54, 1.807) is 6.20 Å². The largest absolute Gasteiger partial charge is 0.398 e. The molecular formula is C19H17ClN4O. The maximum atomic E-state index is 6.27. The van der Waals surface area contributed by atoms with Crippen LogP contribution in [0.4, 0.5) is 5.69 Å². The monoisotopic (exact) mass is 352 g/mol. The number of nitrogens with two attached hydrogens (primary N) is 1. The number of aromatic nitrogens is 3. The van der Waals surface area contributed by atoms with E-state index >= 15 is 0 Å². The number of anilines is 1. The smallest absolute Gasteiger partial charge is 0.141 e. The summed E-state index contributed by atoms with van der Waals surface area (Å²) in [6.45, 7) is 4.48. The highest BCUT2D eigenvalue weighted by atomic mass is 35.5. The lowest BCUT2D eigenvalue weighted by Crippen LogP contribution is -2.01. The van der Waals surface area contributed by atoms with Gasteiger partial charge in [-0.05, 0) is 49.2 Å². The number of benzene rings is 2. The number of nitrogen functional groups attached to an aromatic ring is 1. The van der Waals surface area contributed by atoms with Crippen LogP contribution in [-0.4, -0.2) is 14.9 Å². The Morgan fingerprint density at radius 1 is 1.16 bits per heavy atom. The van der Waals surface area contributed by atoms with Crippen LogP contribution in [0.3, 0.4) is 0 Å². The van der Waals surface area contributed by atoms with Crippen LogP contribution in [0.5, 0.6) is 0 Å². The van der Waals surface area contributed by atoms with Crippen LogP contribution in [0.15, 0.2) is 47.1 Å². The van der Waals surface area contributed by atoms with Crippen molar-refractivity contribution in [2.24, 2.45) is 0 Å². The summed E-state index contributed by atoms with van der Waals surface area (Å²) < 4.78 is 7.24. The summed E-state index contributed by atoms with van der Waals surface area (Å²) in [4.78, 5) is 0. The Hall–Kier alpha value is -2.79. The lowest BCUT2D eigenvalue weighted by atomic mass is 10.0. The molecule has 0 aliphatic heterocycles. The van der Waals surface area contributed by atoms with Crippen LogP contribution in [-0.2, 0) is 6.54 Å². The molecule has 2 N–H and O–H groups in total. The molecule has 0 saturated carbocycles. The predicted molar refractivity (Wildman–Crippen MR) is 99.7 cm³/mol. The molecule has 4 rings (SSSR count). The van der Waals surface area contributed by atoms with Crippen molar-refractivity contribution >= 4 is 28.2 Å². The topological polar surface area (TPSA) is 69.9 Å². The quantitative estimate of drug-likeness (QED) is 0.547. The molecule has 0 unspecified atom stereocenters. The summed E-state index contributed by atoms with van der Waals surface area (Å²) in [5.41, 5.74) is 11.9. The van der Waals surface area contributed by atoms with E-state index in [0.29, 0.717) is 12.2 Å². The Bertz CT molecular complexity index is 1040. The van der Waals surface area contributed by atoms with Gasteiger partial charge in [0.25, 0.3) is 0 Å². The number of nitrogens with zero attached hydrogens (tertiary/aromatic N) is 3. The van der Waals surface area contributed by atoms with E-state index in [0.717, 1.165) is 44.1 Å². The van der Waals surface area contributed by atoms with E-state index in [-0.39, 0.29) is 0 Å². The lowest BCUT2D eigenvalue weighted by Gasteiger charge is -2.08. The molecule has 126 valence electrons. The molecule has 25 heavy (non-hydrogen) atoms. The number of halogens is 1. The Morgan fingerprint density at radius 3 is 2.60 bits per heavy atom. The maximum Gasteiger partial charge on any atom is 0.141 e. The molecule has 0 saturated heterocycles. The number of hydrogen-bond acceptors (Lipinski definition) is 4. The molecule has 6 heteroatoms. The van der Waals surface area contributed by atoms with E-state index < -0.39 is 0 Å². The molecule has 0 fully saturated rings. The first kappa shape index (κ1) is 15.7. The van der Waals surface area contributed by atoms with Gasteiger partial charge in [-0.1, -0.05) is 28.9 Å². The van der Waals surface area contributed by atoms with Crippen LogP contribution in [0.2, 0.25) is 5.02 Å². The predicted octanol–water partition coefficient (Wildman–Crippen LogP) is 4.59. The molecule has 4 aromatic rings. The van der Waals surface area contributed by atoms with E-state index in [4.69, 9.17) is 21.9 Å². The fraction of sp³-hybridized carbons (Fsp3) is 0.158. The summed E-state index contributed by atoms with van der Waals surface area (Å²) in [7, 11) is 0. The first-order valence-electron chi connectivity index (χ1n) is 7.95. The van der Waals surface area contributed by atoms with Crippen LogP contribution >= 0.6 is 11.6 Å². The summed E-state index contributed by atoms with van der Waals surface area (Å²) in [6, 6.07) is 11.8. The summed E-state index contributed by atoms with van der Waals surface area (Å²) in [6.07, 6.45) is 1.80. The van der Waals surface area contributed by atoms with Gasteiger partial charge in [0.1, 0.15) is 5.76 Å². The van der Waals surface area contributed by atoms with Crippen LogP contribution in [0, 0.1) is 13.8 Å². The fourth-order valence-electron chi connectivity index (χ4n) is 3.13. The summed E-state index contributed by atoms with van der Waals surface area (Å²) >= 11 is 5.96. The van der Waals surface area contributed by atoms with Gasteiger partial charge in [0.2, 0.25) is 0 Å². The summed E-state index contributed by atoms with van der Waals surface area (Å²) in [5.74, 6) is 0.778. The molecule has 0 aliphatic rings. The third kappa shape index (κ3) is 2.76. The summed E-state index contributed by atoms with van der Waals surface area (Å²) in [5, 5.41) is 10.2. The molecule has 0 aliphatic carbocycles. The molecule has 0 bridgehead atoms. The number of fused-ring (bicyclic) bond motifs is 1. The van der Waals surface area contributed by atoms with Gasteiger partial charge in [0, 0.05) is 21.7 Å². The van der Waals surface area contributed by atoms with Crippen molar-refractivity contribution in [2.75, 3.05) is 5.73 Å². The van der Waals surface area contributed by atoms with Crippen LogP contribution in [0.1, 0.15) is 17.0 Å². The molecule has 5 nitrogen and oxygen atoms in total. The molecule has 2 aromatic heterocycles. The van der Waals surface area contributed by atoms with Gasteiger partial charge in [-0.2, -0.15) is 5.10 Å². The standard InChI is InChI=1S/C19H17ClN4O/c1-11-19(12(2)25-23-11)14-7-17(21)16-9-22-24(18(16)8-14)10-13-3-5-15(20)6-4-13/h3-9H,10,21H2,1-2H3. The highest BCUT2D eigenvalue weighted by Crippen LogP contribution is 2.33. The Labute approximate surface area is 150 Å². The lowest BCUT2D eigenvalue weighted by molar-refractivity contribution is 0.393. The minimum absolute atomic E-state index is 0.644. The third-order valence-electron chi connectivity index (χ3n) is 4.36. The van der Waals surface area contributed by atoms with Crippen LogP contribution < -0.4 is 5.73 Å². The van der Waals surface area contributed by atoms with Crippen molar-refractivity contribution in [3.8, 4) is 11.1 Å². The van der Waals surface area contributed by atoms with Crippen LogP contribution in [0.25, 0.3) is 22.0 Å². The van der Waals surface area contributed by atoms with Gasteiger partial charge in [0.15, 0.2) is 0 Å². The zero-order valence-electron chi connectivity index (χ0n) is 14.0. The van der Waals surface area contributed by atoms with E-state index in [9.17, 15) is 0 Å². The van der Waals surface area contributed by atoms with E-state index in [1.807, 2.05) is 48.9 Å². The fourth-order valence-corrected chi connectivity index (χ4v) is 3.26. The first-order chi connectivity index (χ1) is 12.0. The van der Waals surface area contributed by atoms with Crippen molar-refractivity contribution in [1.82, 2.24) is 14.9 Å². The van der Waals surface area contributed by atoms with Gasteiger partial charge < -0.3 is 10.3 Å². The van der Waals surface area contributed by atoms with Crippen molar-refractivity contribution in [3.05, 3.63) is 64.6 Å². The van der Waals surface area contributed by atoms with E-state index in [2.05, 4.69) is 16.3 Å². The maximum absolute atomic E-state index is 6.27. The first-order valence-corrected chi connectivity index (χ1v) is 8.33. The number of rotatable bonds is 3. The molecule has 0 atom stereocenters. The zero-order chi connectivity index (χ0) is 17.6. The minimum atomic E-state index is 0.644. The second kappa shape index (κ2) is 5.93. The zero-order valence-corrected chi connectivity index (χ0v) is 14.7. The molecule has 0 amide bonds. The Morgan fingerprint density at radius 2 is 1.92 bits per heavy atom. The van der Waals surface area contributed by atoms with E-state index in [1.165, 1.54) is 0 Å². The van der Waals surface area contributed by atoms with Gasteiger partial charge in [-0.15, -0.1) is 0 Å². The van der Waals surface area contributed by atoms with Gasteiger partial charge in [-0.25, -0.2) is 0 Å². The van der Waals surface area contributed by atoms with Crippen molar-refractivity contribution in [2.45, 2.75) is 20.4 Å². The molecule has 0 spiro atoms. The van der Waals surface area contributed by atoms with Crippen molar-refractivity contribution < 1.29 is 4.52 Å². The third-order valence-corrected chi connectivity index (χ3v) is 4.61. The Balaban J connectivity index is 1.83. The molecule has 2 heterocycles. The highest BCUT2D eigenvalue weighted by Gasteiger charge is 2.15. The number of aryl methyl sites for hydroxylation is 2. The molecular weight excluding hydrogens is 336 g/mol. The minimum Gasteiger partial charge on any atom is -0.398 e. The average Bonchev–Trinajstić information content (AvgIpc) is 3.13.